The number of rotatable bonds is 6. The Morgan fingerprint density at radius 1 is 1.23 bits per heavy atom. The highest BCUT2D eigenvalue weighted by Gasteiger charge is 2.32. The van der Waals surface area contributed by atoms with Crippen LogP contribution < -0.4 is 11.1 Å². The lowest BCUT2D eigenvalue weighted by Gasteiger charge is -2.35. The standard InChI is InChI=1S/C16H25N3O.2ClH/c17-13-16(8-3-1-4-9-16)12-15(20)19-11-7-14-6-2-5-10-18-14;;/h2,5-6,10H,1,3-4,7-9,11-13,17H2,(H,19,20);2*1H. The molecule has 0 unspecified atom stereocenters. The van der Waals surface area contributed by atoms with E-state index in [1.165, 1.54) is 19.3 Å². The minimum Gasteiger partial charge on any atom is -0.356 e. The lowest BCUT2D eigenvalue weighted by atomic mass is 9.71. The average molecular weight is 348 g/mol. The molecule has 22 heavy (non-hydrogen) atoms. The summed E-state index contributed by atoms with van der Waals surface area (Å²) in [5.41, 5.74) is 6.98. The predicted octanol–water partition coefficient (Wildman–Crippen LogP) is 2.88. The van der Waals surface area contributed by atoms with Crippen molar-refractivity contribution in [3.63, 3.8) is 0 Å². The first-order chi connectivity index (χ1) is 9.74. The van der Waals surface area contributed by atoms with Gasteiger partial charge in [-0.2, -0.15) is 0 Å². The predicted molar refractivity (Wildman–Crippen MR) is 94.6 cm³/mol. The first-order valence-electron chi connectivity index (χ1n) is 7.61. The van der Waals surface area contributed by atoms with E-state index >= 15 is 0 Å². The van der Waals surface area contributed by atoms with Gasteiger partial charge in [0.15, 0.2) is 0 Å². The van der Waals surface area contributed by atoms with Crippen LogP contribution in [0.3, 0.4) is 0 Å². The Morgan fingerprint density at radius 3 is 2.55 bits per heavy atom. The van der Waals surface area contributed by atoms with Gasteiger partial charge in [0.25, 0.3) is 0 Å². The number of carbonyl (C=O) groups is 1. The van der Waals surface area contributed by atoms with Gasteiger partial charge in [-0.05, 0) is 36.9 Å². The maximum absolute atomic E-state index is 12.1. The van der Waals surface area contributed by atoms with Crippen molar-refractivity contribution in [2.24, 2.45) is 11.1 Å². The van der Waals surface area contributed by atoms with E-state index in [9.17, 15) is 4.79 Å². The maximum Gasteiger partial charge on any atom is 0.220 e. The van der Waals surface area contributed by atoms with Gasteiger partial charge in [0.05, 0.1) is 0 Å². The lowest BCUT2D eigenvalue weighted by molar-refractivity contribution is -0.123. The molecule has 0 radical (unpaired) electrons. The van der Waals surface area contributed by atoms with E-state index in [4.69, 9.17) is 5.73 Å². The average Bonchev–Trinajstić information content (AvgIpc) is 2.49. The molecule has 0 atom stereocenters. The molecule has 4 nitrogen and oxygen atoms in total. The topological polar surface area (TPSA) is 68.0 Å². The van der Waals surface area contributed by atoms with Crippen molar-refractivity contribution in [2.75, 3.05) is 13.1 Å². The normalized spacial score (nSPS) is 16.0. The van der Waals surface area contributed by atoms with Crippen LogP contribution in [0.4, 0.5) is 0 Å². The number of amides is 1. The van der Waals surface area contributed by atoms with Gasteiger partial charge in [0.2, 0.25) is 5.91 Å². The summed E-state index contributed by atoms with van der Waals surface area (Å²) in [5.74, 6) is 0.133. The fraction of sp³-hybridized carbons (Fsp3) is 0.625. The Morgan fingerprint density at radius 2 is 1.95 bits per heavy atom. The van der Waals surface area contributed by atoms with Gasteiger partial charge in [-0.3, -0.25) is 9.78 Å². The Labute approximate surface area is 145 Å². The second-order valence-corrected chi connectivity index (χ2v) is 5.86. The van der Waals surface area contributed by atoms with Gasteiger partial charge in [0.1, 0.15) is 0 Å². The maximum atomic E-state index is 12.1. The van der Waals surface area contributed by atoms with Crippen LogP contribution in [-0.4, -0.2) is 24.0 Å². The summed E-state index contributed by atoms with van der Waals surface area (Å²) in [5, 5.41) is 3.00. The van der Waals surface area contributed by atoms with E-state index in [-0.39, 0.29) is 36.1 Å². The van der Waals surface area contributed by atoms with Crippen LogP contribution >= 0.6 is 24.8 Å². The fourth-order valence-electron chi connectivity index (χ4n) is 3.03. The summed E-state index contributed by atoms with van der Waals surface area (Å²) in [4.78, 5) is 16.3. The molecule has 1 aliphatic rings. The van der Waals surface area contributed by atoms with E-state index in [0.29, 0.717) is 19.5 Å². The Kier molecular flexibility index (Phi) is 10.4. The smallest absolute Gasteiger partial charge is 0.220 e. The van der Waals surface area contributed by atoms with Crippen molar-refractivity contribution in [3.8, 4) is 0 Å². The zero-order valence-electron chi connectivity index (χ0n) is 12.9. The first-order valence-corrected chi connectivity index (χ1v) is 7.61. The molecule has 2 rings (SSSR count). The number of nitrogens with zero attached hydrogens (tertiary/aromatic N) is 1. The van der Waals surface area contributed by atoms with Crippen molar-refractivity contribution in [3.05, 3.63) is 30.1 Å². The lowest BCUT2D eigenvalue weighted by Crippen LogP contribution is -2.39. The van der Waals surface area contributed by atoms with Crippen LogP contribution in [0.15, 0.2) is 24.4 Å². The summed E-state index contributed by atoms with van der Waals surface area (Å²) in [7, 11) is 0. The Balaban J connectivity index is 0.00000220. The van der Waals surface area contributed by atoms with E-state index in [2.05, 4.69) is 10.3 Å². The zero-order valence-corrected chi connectivity index (χ0v) is 14.6. The van der Waals surface area contributed by atoms with Gasteiger partial charge in [-0.1, -0.05) is 25.3 Å². The number of nitrogens with two attached hydrogens (primary N) is 1. The molecule has 1 aromatic rings. The van der Waals surface area contributed by atoms with Gasteiger partial charge < -0.3 is 11.1 Å². The molecule has 1 amide bonds. The Bertz CT molecular complexity index is 423. The van der Waals surface area contributed by atoms with Crippen molar-refractivity contribution < 1.29 is 4.79 Å². The molecule has 1 fully saturated rings. The minimum absolute atomic E-state index is 0. The van der Waals surface area contributed by atoms with Gasteiger partial charge in [0, 0.05) is 31.3 Å². The van der Waals surface area contributed by atoms with Gasteiger partial charge >= 0.3 is 0 Å². The highest BCUT2D eigenvalue weighted by Crippen LogP contribution is 2.38. The molecule has 3 N–H and O–H groups in total. The van der Waals surface area contributed by atoms with Crippen molar-refractivity contribution in [2.45, 2.75) is 44.9 Å². The molecular formula is C16H27Cl2N3O. The summed E-state index contributed by atoms with van der Waals surface area (Å²) < 4.78 is 0. The zero-order chi connectivity index (χ0) is 14.3. The monoisotopic (exact) mass is 347 g/mol. The molecule has 1 saturated carbocycles. The number of hydrogen-bond donors (Lipinski definition) is 2. The molecule has 0 aliphatic heterocycles. The number of nitrogens with one attached hydrogen (secondary N) is 1. The van der Waals surface area contributed by atoms with E-state index < -0.39 is 0 Å². The van der Waals surface area contributed by atoms with E-state index in [1.807, 2.05) is 18.2 Å². The number of carbonyl (C=O) groups excluding carboxylic acids is 1. The second kappa shape index (κ2) is 10.8. The molecule has 1 aromatic heterocycles. The summed E-state index contributed by atoms with van der Waals surface area (Å²) in [6.45, 7) is 1.27. The van der Waals surface area contributed by atoms with Crippen LogP contribution in [0.5, 0.6) is 0 Å². The quantitative estimate of drug-likeness (QED) is 0.831. The van der Waals surface area contributed by atoms with Gasteiger partial charge in [-0.25, -0.2) is 0 Å². The van der Waals surface area contributed by atoms with Gasteiger partial charge in [-0.15, -0.1) is 24.8 Å². The summed E-state index contributed by atoms with van der Waals surface area (Å²) >= 11 is 0. The highest BCUT2D eigenvalue weighted by molar-refractivity contribution is 5.85. The minimum atomic E-state index is 0. The molecule has 0 saturated heterocycles. The molecule has 1 heterocycles. The van der Waals surface area contributed by atoms with Crippen LogP contribution in [0.2, 0.25) is 0 Å². The number of halogens is 2. The van der Waals surface area contributed by atoms with Crippen LogP contribution in [0.25, 0.3) is 0 Å². The summed E-state index contributed by atoms with van der Waals surface area (Å²) in [6, 6.07) is 5.85. The van der Waals surface area contributed by atoms with Crippen LogP contribution in [0.1, 0.15) is 44.2 Å². The highest BCUT2D eigenvalue weighted by atomic mass is 35.5. The van der Waals surface area contributed by atoms with Crippen molar-refractivity contribution >= 4 is 30.7 Å². The molecule has 0 bridgehead atoms. The van der Waals surface area contributed by atoms with Crippen molar-refractivity contribution in [1.29, 1.82) is 0 Å². The molecule has 0 spiro atoms. The molecule has 126 valence electrons. The molecule has 6 heteroatoms. The van der Waals surface area contributed by atoms with Crippen LogP contribution in [-0.2, 0) is 11.2 Å². The van der Waals surface area contributed by atoms with Crippen molar-refractivity contribution in [1.82, 2.24) is 10.3 Å². The Hall–Kier alpha value is -0.840. The summed E-state index contributed by atoms with van der Waals surface area (Å²) in [6.07, 6.45) is 9.02. The fourth-order valence-corrected chi connectivity index (χ4v) is 3.03. The SMILES string of the molecule is Cl.Cl.NCC1(CC(=O)NCCc2ccccn2)CCCCC1. The van der Waals surface area contributed by atoms with E-state index in [1.54, 1.807) is 6.20 Å². The molecular weight excluding hydrogens is 321 g/mol. The number of hydrogen-bond acceptors (Lipinski definition) is 3. The number of aromatic nitrogens is 1. The van der Waals surface area contributed by atoms with E-state index in [0.717, 1.165) is 25.0 Å². The third-order valence-corrected chi connectivity index (χ3v) is 4.31. The second-order valence-electron chi connectivity index (χ2n) is 5.86. The third kappa shape index (κ3) is 6.51. The third-order valence-electron chi connectivity index (χ3n) is 4.31. The largest absolute Gasteiger partial charge is 0.356 e. The van der Waals surface area contributed by atoms with Crippen LogP contribution in [0, 0.1) is 5.41 Å². The number of pyridine rings is 1. The first kappa shape index (κ1) is 21.2. The molecule has 0 aromatic carbocycles. The molecule has 1 aliphatic carbocycles.